The minimum absolute atomic E-state index is 0.890. The molecule has 3 aromatic heterocycles. The number of fused-ring (bicyclic) bond motifs is 8. The quantitative estimate of drug-likeness (QED) is 0.282. The van der Waals surface area contributed by atoms with Gasteiger partial charge >= 0.3 is 0 Å². The molecule has 168 valence electrons. The summed E-state index contributed by atoms with van der Waals surface area (Å²) < 4.78 is 0.890. The molecule has 0 radical (unpaired) electrons. The van der Waals surface area contributed by atoms with E-state index in [1.165, 1.54) is 5.69 Å². The van der Waals surface area contributed by atoms with Crippen LogP contribution in [0.3, 0.4) is 0 Å². The zero-order valence-electron chi connectivity index (χ0n) is 19.7. The van der Waals surface area contributed by atoms with Crippen LogP contribution >= 0.6 is 0 Å². The minimum atomic E-state index is 0.890. The maximum absolute atomic E-state index is 4.62. The van der Waals surface area contributed by atoms with Gasteiger partial charge in [0.1, 0.15) is 5.69 Å². The number of quaternary nitrogens is 1. The molecule has 0 atom stereocenters. The molecule has 4 aromatic rings. The predicted molar refractivity (Wildman–Crippen MR) is 145 cm³/mol. The molecule has 34 heavy (non-hydrogen) atoms. The van der Waals surface area contributed by atoms with E-state index >= 15 is 0 Å². The monoisotopic (exact) mass is 446 g/mol. The molecule has 5 heteroatoms. The number of hydrogen-bond acceptors (Lipinski definition) is 2. The van der Waals surface area contributed by atoms with Gasteiger partial charge in [0.25, 0.3) is 0 Å². The van der Waals surface area contributed by atoms with Crippen LogP contribution in [-0.4, -0.2) is 41.1 Å². The summed E-state index contributed by atoms with van der Waals surface area (Å²) in [7, 11) is 6.49. The SMILES string of the molecule is C1=Cc2cc3ccc(cc4ccc(cc5nc(cc1n2)C=C5)[nH]4)[nH]3.C[N+](C)(C)c1ccccc1. The Kier molecular flexibility index (Phi) is 5.70. The van der Waals surface area contributed by atoms with Crippen molar-refractivity contribution in [1.29, 1.82) is 0 Å². The number of aromatic nitrogens is 4. The predicted octanol–water partition coefficient (Wildman–Crippen LogP) is 6.54. The van der Waals surface area contributed by atoms with Gasteiger partial charge in [0.15, 0.2) is 0 Å². The van der Waals surface area contributed by atoms with Crippen molar-refractivity contribution in [2.75, 3.05) is 21.1 Å². The van der Waals surface area contributed by atoms with Crippen molar-refractivity contribution in [3.05, 3.63) is 102 Å². The van der Waals surface area contributed by atoms with Crippen LogP contribution in [0.25, 0.3) is 46.4 Å². The summed E-state index contributed by atoms with van der Waals surface area (Å²) in [5.74, 6) is 0. The van der Waals surface area contributed by atoms with E-state index in [1.807, 2.05) is 48.6 Å². The molecule has 6 rings (SSSR count). The molecule has 2 aliphatic rings. The molecule has 0 amide bonds. The molecular weight excluding hydrogens is 418 g/mol. The average Bonchev–Trinajstić information content (AvgIpc) is 3.60. The summed E-state index contributed by atoms with van der Waals surface area (Å²) in [6.45, 7) is 0. The van der Waals surface area contributed by atoms with E-state index in [1.54, 1.807) is 0 Å². The van der Waals surface area contributed by atoms with Crippen molar-refractivity contribution in [2.24, 2.45) is 0 Å². The van der Waals surface area contributed by atoms with Crippen LogP contribution < -0.4 is 4.48 Å². The standard InChI is InChI=1S/C20H14N4.C9H14N/c1-2-14-10-16-5-6-18(23-16)12-20-8-7-19(24-20)11-17-4-3-15(22-17)9-13(1)21-14;1-10(2,3)9-7-5-4-6-8-9/h1-12,21-22H;4-8H,1-3H3/q;+1. The third kappa shape index (κ3) is 5.22. The Labute approximate surface area is 199 Å². The summed E-state index contributed by atoms with van der Waals surface area (Å²) in [5.41, 5.74) is 9.20. The Bertz CT molecular complexity index is 1440. The van der Waals surface area contributed by atoms with Crippen LogP contribution in [-0.2, 0) is 0 Å². The second-order valence-electron chi connectivity index (χ2n) is 9.25. The van der Waals surface area contributed by atoms with Gasteiger partial charge in [-0.2, -0.15) is 0 Å². The highest BCUT2D eigenvalue weighted by Gasteiger charge is 2.09. The van der Waals surface area contributed by atoms with Crippen LogP contribution in [0, 0.1) is 0 Å². The zero-order chi connectivity index (χ0) is 23.5. The fourth-order valence-corrected chi connectivity index (χ4v) is 3.82. The Morgan fingerprint density at radius 3 is 1.32 bits per heavy atom. The van der Waals surface area contributed by atoms with E-state index in [0.717, 1.165) is 49.3 Å². The van der Waals surface area contributed by atoms with Crippen molar-refractivity contribution in [2.45, 2.75) is 0 Å². The number of benzene rings is 1. The van der Waals surface area contributed by atoms with E-state index in [9.17, 15) is 0 Å². The van der Waals surface area contributed by atoms with Gasteiger partial charge in [0, 0.05) is 22.1 Å². The highest BCUT2D eigenvalue weighted by molar-refractivity contribution is 5.77. The first-order valence-corrected chi connectivity index (χ1v) is 11.3. The van der Waals surface area contributed by atoms with Crippen molar-refractivity contribution in [1.82, 2.24) is 24.4 Å². The van der Waals surface area contributed by atoms with Gasteiger partial charge < -0.3 is 9.97 Å². The van der Waals surface area contributed by atoms with Crippen LogP contribution in [0.1, 0.15) is 22.8 Å². The van der Waals surface area contributed by atoms with Crippen LogP contribution in [0.5, 0.6) is 0 Å². The van der Waals surface area contributed by atoms with Gasteiger partial charge in [-0.3, -0.25) is 4.48 Å². The van der Waals surface area contributed by atoms with Gasteiger partial charge in [-0.15, -0.1) is 0 Å². The van der Waals surface area contributed by atoms with E-state index in [4.69, 9.17) is 0 Å². The van der Waals surface area contributed by atoms with Gasteiger partial charge in [-0.05, 0) is 85.0 Å². The van der Waals surface area contributed by atoms with E-state index in [2.05, 4.69) is 95.7 Å². The first-order valence-electron chi connectivity index (χ1n) is 11.3. The molecule has 0 spiro atoms. The first kappa shape index (κ1) is 21.6. The fraction of sp³-hybridized carbons (Fsp3) is 0.103. The molecule has 0 fully saturated rings. The van der Waals surface area contributed by atoms with Crippen molar-refractivity contribution >= 4 is 52.1 Å². The molecule has 8 bridgehead atoms. The van der Waals surface area contributed by atoms with E-state index in [-0.39, 0.29) is 0 Å². The van der Waals surface area contributed by atoms with Crippen molar-refractivity contribution in [3.8, 4) is 0 Å². The summed E-state index contributed by atoms with van der Waals surface area (Å²) in [6, 6.07) is 26.9. The second kappa shape index (κ2) is 8.96. The molecule has 0 aliphatic carbocycles. The maximum atomic E-state index is 4.62. The smallest absolute Gasteiger partial charge is 0.132 e. The highest BCUT2D eigenvalue weighted by Crippen LogP contribution is 2.17. The van der Waals surface area contributed by atoms with Gasteiger partial charge in [-0.25, -0.2) is 9.97 Å². The summed E-state index contributed by atoms with van der Waals surface area (Å²) in [6.07, 6.45) is 8.05. The topological polar surface area (TPSA) is 57.4 Å². The Morgan fingerprint density at radius 2 is 0.912 bits per heavy atom. The van der Waals surface area contributed by atoms with E-state index < -0.39 is 0 Å². The molecule has 0 saturated carbocycles. The largest absolute Gasteiger partial charge is 0.355 e. The number of hydrogen-bond donors (Lipinski definition) is 2. The van der Waals surface area contributed by atoms with Crippen LogP contribution in [0.4, 0.5) is 5.69 Å². The lowest BCUT2D eigenvalue weighted by molar-refractivity contribution is 0.486. The lowest BCUT2D eigenvalue weighted by Gasteiger charge is -2.22. The Balaban J connectivity index is 0.000000204. The van der Waals surface area contributed by atoms with Gasteiger partial charge in [-0.1, -0.05) is 18.2 Å². The molecule has 2 aliphatic heterocycles. The molecular formula is C29H28N5+. The van der Waals surface area contributed by atoms with Crippen LogP contribution in [0.15, 0.2) is 78.9 Å². The normalized spacial score (nSPS) is 12.3. The third-order valence-electron chi connectivity index (χ3n) is 5.57. The average molecular weight is 447 g/mol. The Morgan fingerprint density at radius 1 is 0.500 bits per heavy atom. The Hall–Kier alpha value is -4.22. The van der Waals surface area contributed by atoms with Gasteiger partial charge in [0.05, 0.1) is 43.9 Å². The number of nitrogens with zero attached hydrogens (tertiary/aromatic N) is 3. The fourth-order valence-electron chi connectivity index (χ4n) is 3.82. The number of nitrogens with one attached hydrogen (secondary N) is 2. The third-order valence-corrected chi connectivity index (χ3v) is 5.57. The molecule has 1 aromatic carbocycles. The van der Waals surface area contributed by atoms with Gasteiger partial charge in [0.2, 0.25) is 0 Å². The van der Waals surface area contributed by atoms with E-state index in [0.29, 0.717) is 0 Å². The van der Waals surface area contributed by atoms with Crippen molar-refractivity contribution < 1.29 is 0 Å². The minimum Gasteiger partial charge on any atom is -0.355 e. The number of aromatic amines is 2. The second-order valence-corrected chi connectivity index (χ2v) is 9.25. The lowest BCUT2D eigenvalue weighted by Crippen LogP contribution is -2.34. The first-order chi connectivity index (χ1) is 16.4. The molecule has 0 unspecified atom stereocenters. The summed E-state index contributed by atoms with van der Waals surface area (Å²) >= 11 is 0. The molecule has 5 nitrogen and oxygen atoms in total. The molecule has 5 heterocycles. The van der Waals surface area contributed by atoms with Crippen LogP contribution in [0.2, 0.25) is 0 Å². The lowest BCUT2D eigenvalue weighted by atomic mass is 10.3. The number of rotatable bonds is 1. The molecule has 2 N–H and O–H groups in total. The number of para-hydroxylation sites is 1. The summed E-state index contributed by atoms with van der Waals surface area (Å²) in [4.78, 5) is 16.0. The van der Waals surface area contributed by atoms with Crippen molar-refractivity contribution in [3.63, 3.8) is 0 Å². The maximum Gasteiger partial charge on any atom is 0.132 e. The summed E-state index contributed by atoms with van der Waals surface area (Å²) in [5, 5.41) is 0. The molecule has 0 saturated heterocycles. The zero-order valence-corrected chi connectivity index (χ0v) is 19.7. The highest BCUT2D eigenvalue weighted by atomic mass is 15.3. The number of H-pyrrole nitrogens is 2.